The number of methoxy groups -OCH3 is 1. The number of nitrogens with zero attached hydrogens (tertiary/aromatic N) is 4. The summed E-state index contributed by atoms with van der Waals surface area (Å²) in [5, 5.41) is 28.7. The summed E-state index contributed by atoms with van der Waals surface area (Å²) in [5.74, 6) is 0.991. The Balaban J connectivity index is 1.32. The molecule has 9 nitrogen and oxygen atoms in total. The number of anilines is 1. The molecule has 0 fully saturated rings. The number of ether oxygens (including phenoxy) is 1. The number of carbonyl (C=O) groups excluding carboxylic acids is 1. The number of aromatic hydroxyl groups is 1. The van der Waals surface area contributed by atoms with E-state index in [4.69, 9.17) is 4.74 Å². The van der Waals surface area contributed by atoms with Crippen molar-refractivity contribution in [3.05, 3.63) is 102 Å². The van der Waals surface area contributed by atoms with Crippen LogP contribution < -0.4 is 15.5 Å². The van der Waals surface area contributed by atoms with Gasteiger partial charge in [0.25, 0.3) is 5.91 Å². The zero-order valence-corrected chi connectivity index (χ0v) is 22.8. The fourth-order valence-corrected chi connectivity index (χ4v) is 4.99. The molecule has 0 aliphatic rings. The monoisotopic (exact) mass is 552 g/mol. The molecule has 1 heterocycles. The van der Waals surface area contributed by atoms with Crippen molar-refractivity contribution < 1.29 is 14.6 Å². The Hall–Kier alpha value is -4.83. The van der Waals surface area contributed by atoms with Crippen molar-refractivity contribution in [2.75, 3.05) is 12.4 Å². The maximum Gasteiger partial charge on any atom is 0.253 e. The average Bonchev–Trinajstić information content (AvgIpc) is 3.39. The van der Waals surface area contributed by atoms with Crippen molar-refractivity contribution in [1.29, 1.82) is 0 Å². The maximum absolute atomic E-state index is 12.8. The summed E-state index contributed by atoms with van der Waals surface area (Å²) in [6.07, 6.45) is 1.37. The second-order valence-corrected chi connectivity index (χ2v) is 10.2. The van der Waals surface area contributed by atoms with Gasteiger partial charge in [0, 0.05) is 22.3 Å². The van der Waals surface area contributed by atoms with Crippen LogP contribution in [0.4, 0.5) is 5.69 Å². The van der Waals surface area contributed by atoms with Crippen LogP contribution in [-0.2, 0) is 11.3 Å². The second kappa shape index (κ2) is 12.4. The standard InChI is InChI=1S/C30H28N6O3S/c1-20(29(38)34-32-18-22-17-24(39-2)15-16-27(22)37)40-30-35-33-28(36(30)23-11-4-3-5-12-23)19-31-26-14-8-10-21-9-6-7-13-25(21)26/h3-18,20,31,37H,19H2,1-2H3,(H,34,38)/b32-18-/t20-/m0/s1. The van der Waals surface area contributed by atoms with Crippen LogP contribution in [0.25, 0.3) is 16.5 Å². The third-order valence-electron chi connectivity index (χ3n) is 6.21. The van der Waals surface area contributed by atoms with Gasteiger partial charge in [-0.1, -0.05) is 66.4 Å². The fourth-order valence-electron chi connectivity index (χ4n) is 4.11. The summed E-state index contributed by atoms with van der Waals surface area (Å²) in [4.78, 5) is 12.8. The minimum Gasteiger partial charge on any atom is -0.507 e. The number of fused-ring (bicyclic) bond motifs is 1. The number of phenolic OH excluding ortho intramolecular Hbond substituents is 1. The predicted octanol–water partition coefficient (Wildman–Crippen LogP) is 5.38. The zero-order chi connectivity index (χ0) is 27.9. The maximum atomic E-state index is 12.8. The SMILES string of the molecule is COc1ccc(O)c(/C=N\NC(=O)[C@H](C)Sc2nnc(CNc3cccc4ccccc34)n2-c2ccccc2)c1. The molecule has 1 aromatic heterocycles. The predicted molar refractivity (Wildman–Crippen MR) is 158 cm³/mol. The van der Waals surface area contributed by atoms with Gasteiger partial charge in [0.15, 0.2) is 11.0 Å². The minimum absolute atomic E-state index is 0.0295. The van der Waals surface area contributed by atoms with E-state index in [1.807, 2.05) is 59.2 Å². The molecule has 0 radical (unpaired) electrons. The van der Waals surface area contributed by atoms with Gasteiger partial charge in [0.05, 0.1) is 25.1 Å². The van der Waals surface area contributed by atoms with E-state index in [-0.39, 0.29) is 11.7 Å². The number of nitrogens with one attached hydrogen (secondary N) is 2. The third kappa shape index (κ3) is 6.08. The van der Waals surface area contributed by atoms with Gasteiger partial charge in [0.1, 0.15) is 11.5 Å². The van der Waals surface area contributed by atoms with E-state index < -0.39 is 5.25 Å². The summed E-state index contributed by atoms with van der Waals surface area (Å²) in [5.41, 5.74) is 4.85. The normalized spacial score (nSPS) is 11.9. The molecule has 202 valence electrons. The van der Waals surface area contributed by atoms with E-state index in [1.165, 1.54) is 31.2 Å². The fraction of sp³-hybridized carbons (Fsp3) is 0.133. The number of benzene rings is 4. The Morgan fingerprint density at radius 1 is 1.05 bits per heavy atom. The molecule has 40 heavy (non-hydrogen) atoms. The summed E-state index contributed by atoms with van der Waals surface area (Å²) in [7, 11) is 1.54. The Labute approximate surface area is 235 Å². The highest BCUT2D eigenvalue weighted by molar-refractivity contribution is 8.00. The summed E-state index contributed by atoms with van der Waals surface area (Å²) >= 11 is 1.28. The number of hydrogen-bond donors (Lipinski definition) is 3. The summed E-state index contributed by atoms with van der Waals surface area (Å²) in [6, 6.07) is 28.9. The van der Waals surface area contributed by atoms with Crippen LogP contribution in [0.5, 0.6) is 11.5 Å². The largest absolute Gasteiger partial charge is 0.507 e. The third-order valence-corrected chi connectivity index (χ3v) is 7.25. The zero-order valence-electron chi connectivity index (χ0n) is 22.0. The Bertz CT molecular complexity index is 1650. The van der Waals surface area contributed by atoms with Gasteiger partial charge in [-0.05, 0) is 48.7 Å². The van der Waals surface area contributed by atoms with Gasteiger partial charge in [-0.3, -0.25) is 9.36 Å². The van der Waals surface area contributed by atoms with Gasteiger partial charge >= 0.3 is 0 Å². The van der Waals surface area contributed by atoms with Crippen LogP contribution in [0.15, 0.2) is 101 Å². The molecule has 0 aliphatic heterocycles. The number of phenols is 1. The first kappa shape index (κ1) is 26.8. The molecule has 0 spiro atoms. The minimum atomic E-state index is -0.526. The van der Waals surface area contributed by atoms with Gasteiger partial charge in [0.2, 0.25) is 0 Å². The van der Waals surface area contributed by atoms with Crippen molar-refractivity contribution >= 4 is 40.3 Å². The van der Waals surface area contributed by atoms with E-state index in [2.05, 4.69) is 44.2 Å². The van der Waals surface area contributed by atoms with E-state index in [1.54, 1.807) is 19.1 Å². The van der Waals surface area contributed by atoms with E-state index in [9.17, 15) is 9.90 Å². The molecule has 0 bridgehead atoms. The van der Waals surface area contributed by atoms with E-state index in [0.717, 1.165) is 22.1 Å². The number of aromatic nitrogens is 3. The van der Waals surface area contributed by atoms with Gasteiger partial charge in [-0.15, -0.1) is 10.2 Å². The van der Waals surface area contributed by atoms with Crippen molar-refractivity contribution in [3.8, 4) is 17.2 Å². The molecule has 5 aromatic rings. The highest BCUT2D eigenvalue weighted by atomic mass is 32.2. The van der Waals surface area contributed by atoms with Crippen LogP contribution in [0.1, 0.15) is 18.3 Å². The Morgan fingerprint density at radius 2 is 1.82 bits per heavy atom. The number of hydrogen-bond acceptors (Lipinski definition) is 8. The smallest absolute Gasteiger partial charge is 0.253 e. The average molecular weight is 553 g/mol. The lowest BCUT2D eigenvalue weighted by Gasteiger charge is -2.14. The molecule has 1 atom stereocenters. The van der Waals surface area contributed by atoms with E-state index >= 15 is 0 Å². The first-order chi connectivity index (χ1) is 19.5. The molecule has 0 saturated carbocycles. The second-order valence-electron chi connectivity index (χ2n) is 8.87. The molecule has 4 aromatic carbocycles. The van der Waals surface area contributed by atoms with Crippen LogP contribution in [0, 0.1) is 0 Å². The Kier molecular flexibility index (Phi) is 8.26. The molecule has 0 saturated heterocycles. The van der Waals surface area contributed by atoms with Crippen LogP contribution in [0.3, 0.4) is 0 Å². The lowest BCUT2D eigenvalue weighted by atomic mass is 10.1. The van der Waals surface area contributed by atoms with Gasteiger partial charge < -0.3 is 15.2 Å². The van der Waals surface area contributed by atoms with Gasteiger partial charge in [-0.25, -0.2) is 5.43 Å². The molecule has 5 rings (SSSR count). The summed E-state index contributed by atoms with van der Waals surface area (Å²) in [6.45, 7) is 2.21. The first-order valence-electron chi connectivity index (χ1n) is 12.6. The van der Waals surface area contributed by atoms with Crippen LogP contribution in [-0.4, -0.2) is 44.4 Å². The highest BCUT2D eigenvalue weighted by Crippen LogP contribution is 2.28. The number of rotatable bonds is 10. The Morgan fingerprint density at radius 3 is 2.65 bits per heavy atom. The van der Waals surface area contributed by atoms with E-state index in [0.29, 0.717) is 28.8 Å². The molecular weight excluding hydrogens is 524 g/mol. The molecule has 3 N–H and O–H groups in total. The van der Waals surface area contributed by atoms with Crippen LogP contribution in [0.2, 0.25) is 0 Å². The van der Waals surface area contributed by atoms with Crippen molar-refractivity contribution in [2.24, 2.45) is 5.10 Å². The molecule has 1 amide bonds. The lowest BCUT2D eigenvalue weighted by molar-refractivity contribution is -0.120. The quantitative estimate of drug-likeness (QED) is 0.121. The lowest BCUT2D eigenvalue weighted by Crippen LogP contribution is -2.27. The molecular formula is C30H28N6O3S. The first-order valence-corrected chi connectivity index (χ1v) is 13.5. The number of hydrazone groups is 1. The topological polar surface area (TPSA) is 114 Å². The van der Waals surface area contributed by atoms with Crippen LogP contribution >= 0.6 is 11.8 Å². The number of para-hydroxylation sites is 1. The van der Waals surface area contributed by atoms with Crippen molar-refractivity contribution in [1.82, 2.24) is 20.2 Å². The highest BCUT2D eigenvalue weighted by Gasteiger charge is 2.21. The number of amides is 1. The molecule has 10 heteroatoms. The van der Waals surface area contributed by atoms with Crippen molar-refractivity contribution in [2.45, 2.75) is 23.9 Å². The van der Waals surface area contributed by atoms with Gasteiger partial charge in [-0.2, -0.15) is 5.10 Å². The van der Waals surface area contributed by atoms with Crippen molar-refractivity contribution in [3.63, 3.8) is 0 Å². The number of thioether (sulfide) groups is 1. The number of carbonyl (C=O) groups is 1. The molecule has 0 aliphatic carbocycles. The molecule has 0 unspecified atom stereocenters. The summed E-state index contributed by atoms with van der Waals surface area (Å²) < 4.78 is 7.12.